The molecule has 11 nitrogen and oxygen atoms in total. The molecule has 1 aromatic heterocycles. The first-order chi connectivity index (χ1) is 14.9. The van der Waals surface area contributed by atoms with Crippen molar-refractivity contribution >= 4 is 34.6 Å². The predicted octanol–water partition coefficient (Wildman–Crippen LogP) is 3.21. The maximum atomic E-state index is 12.0. The summed E-state index contributed by atoms with van der Waals surface area (Å²) in [6.07, 6.45) is 0. The number of aryl methyl sites for hydroxylation is 1. The zero-order valence-electron chi connectivity index (χ0n) is 18.1. The van der Waals surface area contributed by atoms with E-state index < -0.39 is 4.92 Å². The number of anilines is 3. The van der Waals surface area contributed by atoms with Crippen molar-refractivity contribution in [3.63, 3.8) is 0 Å². The molecule has 12 heteroatoms. The van der Waals surface area contributed by atoms with Crippen LogP contribution in [0.3, 0.4) is 0 Å². The Balaban J connectivity index is 2.60. The van der Waals surface area contributed by atoms with Gasteiger partial charge in [-0.05, 0) is 6.92 Å². The highest BCUT2D eigenvalue weighted by atomic mass is 35.5. The van der Waals surface area contributed by atoms with Crippen molar-refractivity contribution in [1.29, 1.82) is 0 Å². The summed E-state index contributed by atoms with van der Waals surface area (Å²) in [5.41, 5.74) is 0.0178. The van der Waals surface area contributed by atoms with Gasteiger partial charge in [0, 0.05) is 39.4 Å². The fourth-order valence-corrected chi connectivity index (χ4v) is 3.08. The Hall–Kier alpha value is -2.89. The molecule has 0 aliphatic rings. The highest BCUT2D eigenvalue weighted by molar-refractivity contribution is 6.34. The molecule has 0 amide bonds. The Morgan fingerprint density at radius 1 is 1.10 bits per heavy atom. The minimum Gasteiger partial charge on any atom is -0.497 e. The van der Waals surface area contributed by atoms with E-state index in [2.05, 4.69) is 15.3 Å². The van der Waals surface area contributed by atoms with Crippen LogP contribution in [-0.2, 0) is 9.47 Å². The van der Waals surface area contributed by atoms with Crippen LogP contribution >= 0.6 is 11.6 Å². The summed E-state index contributed by atoms with van der Waals surface area (Å²) < 4.78 is 20.8. The van der Waals surface area contributed by atoms with Crippen LogP contribution in [0.5, 0.6) is 11.5 Å². The van der Waals surface area contributed by atoms with Gasteiger partial charge in [0.1, 0.15) is 23.0 Å². The molecule has 0 spiro atoms. The number of hydrogen-bond acceptors (Lipinski definition) is 10. The number of nitro groups is 1. The Labute approximate surface area is 185 Å². The average molecular weight is 456 g/mol. The molecule has 0 aliphatic carbocycles. The van der Waals surface area contributed by atoms with E-state index in [1.165, 1.54) is 14.2 Å². The van der Waals surface area contributed by atoms with Crippen LogP contribution in [0, 0.1) is 17.0 Å². The number of aromatic nitrogens is 2. The van der Waals surface area contributed by atoms with E-state index >= 15 is 0 Å². The fourth-order valence-electron chi connectivity index (χ4n) is 2.83. The second-order valence-electron chi connectivity index (χ2n) is 6.33. The highest BCUT2D eigenvalue weighted by Crippen LogP contribution is 2.41. The smallest absolute Gasteiger partial charge is 0.353 e. The van der Waals surface area contributed by atoms with Crippen LogP contribution in [0.2, 0.25) is 5.02 Å². The summed E-state index contributed by atoms with van der Waals surface area (Å²) in [6.45, 7) is 3.11. The van der Waals surface area contributed by atoms with E-state index in [1.807, 2.05) is 0 Å². The zero-order valence-corrected chi connectivity index (χ0v) is 18.9. The molecule has 1 aromatic carbocycles. The van der Waals surface area contributed by atoms with E-state index in [4.69, 9.17) is 30.5 Å². The van der Waals surface area contributed by atoms with Gasteiger partial charge in [0.25, 0.3) is 0 Å². The lowest BCUT2D eigenvalue weighted by Crippen LogP contribution is -2.32. The Morgan fingerprint density at radius 3 is 2.26 bits per heavy atom. The maximum absolute atomic E-state index is 12.0. The monoisotopic (exact) mass is 455 g/mol. The molecule has 1 N–H and O–H groups in total. The molecule has 0 bridgehead atoms. The lowest BCUT2D eigenvalue weighted by atomic mass is 10.2. The molecule has 0 saturated carbocycles. The molecule has 2 rings (SSSR count). The third-order valence-corrected chi connectivity index (χ3v) is 4.61. The third kappa shape index (κ3) is 6.06. The minimum absolute atomic E-state index is 0.0160. The van der Waals surface area contributed by atoms with Crippen molar-refractivity contribution in [1.82, 2.24) is 9.97 Å². The lowest BCUT2D eigenvalue weighted by molar-refractivity contribution is -0.383. The van der Waals surface area contributed by atoms with Crippen LogP contribution in [0.1, 0.15) is 5.82 Å². The van der Waals surface area contributed by atoms with Crippen molar-refractivity contribution in [2.45, 2.75) is 6.92 Å². The number of ether oxygens (including phenoxy) is 4. The SMILES string of the molecule is COCCN(CCOC)c1nc(C)nc(Nc2c(Cl)cc(OC)cc2OC)c1[N+](=O)[O-]. The van der Waals surface area contributed by atoms with Gasteiger partial charge in [-0.25, -0.2) is 9.97 Å². The Kier molecular flexibility index (Phi) is 9.03. The summed E-state index contributed by atoms with van der Waals surface area (Å²) in [6, 6.07) is 3.18. The number of rotatable bonds is 12. The van der Waals surface area contributed by atoms with Crippen LogP contribution in [-0.4, -0.2) is 69.6 Å². The third-order valence-electron chi connectivity index (χ3n) is 4.32. The average Bonchev–Trinajstić information content (AvgIpc) is 2.74. The van der Waals surface area contributed by atoms with E-state index in [0.29, 0.717) is 49.3 Å². The molecule has 0 saturated heterocycles. The van der Waals surface area contributed by atoms with Crippen LogP contribution < -0.4 is 19.7 Å². The van der Waals surface area contributed by atoms with Crippen LogP contribution in [0.15, 0.2) is 12.1 Å². The lowest BCUT2D eigenvalue weighted by Gasteiger charge is -2.24. The van der Waals surface area contributed by atoms with Gasteiger partial charge in [-0.15, -0.1) is 0 Å². The van der Waals surface area contributed by atoms with Crippen molar-refractivity contribution in [2.75, 3.05) is 65.0 Å². The van der Waals surface area contributed by atoms with Gasteiger partial charge in [0.15, 0.2) is 0 Å². The van der Waals surface area contributed by atoms with Crippen molar-refractivity contribution in [2.24, 2.45) is 0 Å². The standard InChI is InChI=1S/C19H26ClN5O6/c1-12-21-18(23-16-14(20)10-13(30-4)11-15(16)31-5)17(25(26)27)19(22-12)24(6-8-28-2)7-9-29-3/h10-11H,6-9H2,1-5H3,(H,21,22,23). The summed E-state index contributed by atoms with van der Waals surface area (Å²) in [4.78, 5) is 21.8. The van der Waals surface area contributed by atoms with E-state index in [0.717, 1.165) is 0 Å². The number of halogens is 1. The van der Waals surface area contributed by atoms with Gasteiger partial charge < -0.3 is 29.2 Å². The van der Waals surface area contributed by atoms with Gasteiger partial charge in [0.05, 0.1) is 37.4 Å². The summed E-state index contributed by atoms with van der Waals surface area (Å²) in [5, 5.41) is 15.2. The normalized spacial score (nSPS) is 10.6. The Bertz CT molecular complexity index is 906. The minimum atomic E-state index is -0.534. The number of hydrogen-bond donors (Lipinski definition) is 1. The van der Waals surface area contributed by atoms with Gasteiger partial charge in [-0.3, -0.25) is 10.1 Å². The Morgan fingerprint density at radius 2 is 1.74 bits per heavy atom. The zero-order chi connectivity index (χ0) is 23.0. The second-order valence-corrected chi connectivity index (χ2v) is 6.74. The molecule has 1 heterocycles. The van der Waals surface area contributed by atoms with Crippen LogP contribution in [0.25, 0.3) is 0 Å². The van der Waals surface area contributed by atoms with Gasteiger partial charge in [0.2, 0.25) is 11.6 Å². The van der Waals surface area contributed by atoms with Gasteiger partial charge >= 0.3 is 5.69 Å². The summed E-state index contributed by atoms with van der Waals surface area (Å²) >= 11 is 6.37. The van der Waals surface area contributed by atoms with E-state index in [9.17, 15) is 10.1 Å². The quantitative estimate of drug-likeness (QED) is 0.377. The topological polar surface area (TPSA) is 121 Å². The molecule has 0 unspecified atom stereocenters. The molecule has 31 heavy (non-hydrogen) atoms. The van der Waals surface area contributed by atoms with Gasteiger partial charge in [-0.2, -0.15) is 0 Å². The number of benzene rings is 1. The maximum Gasteiger partial charge on any atom is 0.353 e. The van der Waals surface area contributed by atoms with Gasteiger partial charge in [-0.1, -0.05) is 11.6 Å². The summed E-state index contributed by atoms with van der Waals surface area (Å²) in [5.74, 6) is 1.29. The summed E-state index contributed by atoms with van der Waals surface area (Å²) in [7, 11) is 6.06. The number of nitrogens with zero attached hydrogens (tertiary/aromatic N) is 4. The molecular weight excluding hydrogens is 430 g/mol. The first kappa shape index (κ1) is 24.4. The first-order valence-electron chi connectivity index (χ1n) is 9.30. The van der Waals surface area contributed by atoms with E-state index in [1.54, 1.807) is 38.2 Å². The largest absolute Gasteiger partial charge is 0.497 e. The molecule has 170 valence electrons. The molecule has 0 atom stereocenters. The highest BCUT2D eigenvalue weighted by Gasteiger charge is 2.29. The molecular formula is C19H26ClN5O6. The molecule has 0 radical (unpaired) electrons. The van der Waals surface area contributed by atoms with Crippen molar-refractivity contribution < 1.29 is 23.9 Å². The fraction of sp³-hybridized carbons (Fsp3) is 0.474. The second kappa shape index (κ2) is 11.5. The predicted molar refractivity (Wildman–Crippen MR) is 117 cm³/mol. The first-order valence-corrected chi connectivity index (χ1v) is 9.68. The number of nitrogens with one attached hydrogen (secondary N) is 1. The molecule has 2 aromatic rings. The molecule has 0 fully saturated rings. The van der Waals surface area contributed by atoms with Crippen molar-refractivity contribution in [3.05, 3.63) is 33.1 Å². The van der Waals surface area contributed by atoms with Crippen LogP contribution in [0.4, 0.5) is 23.0 Å². The number of methoxy groups -OCH3 is 4. The van der Waals surface area contributed by atoms with Crippen molar-refractivity contribution in [3.8, 4) is 11.5 Å². The van der Waals surface area contributed by atoms with E-state index in [-0.39, 0.29) is 22.3 Å². The molecule has 0 aliphatic heterocycles.